The van der Waals surface area contributed by atoms with Crippen LogP contribution in [0, 0.1) is 12.7 Å². The minimum absolute atomic E-state index is 0.206. The van der Waals surface area contributed by atoms with E-state index in [1.165, 1.54) is 29.4 Å². The summed E-state index contributed by atoms with van der Waals surface area (Å²) in [5.41, 5.74) is 1.94. The number of nitrogens with one attached hydrogen (secondary N) is 2. The van der Waals surface area contributed by atoms with Crippen LogP contribution < -0.4 is 9.44 Å². The molecular formula is C13H16FN3S3. The fraction of sp³-hybridized carbons (Fsp3) is 0.308. The number of hydrogen-bond acceptors (Lipinski definition) is 6. The van der Waals surface area contributed by atoms with Crippen LogP contribution in [0.25, 0.3) is 0 Å². The molecule has 1 aromatic carbocycles. The van der Waals surface area contributed by atoms with Gasteiger partial charge < -0.3 is 4.72 Å². The van der Waals surface area contributed by atoms with Gasteiger partial charge in [-0.05, 0) is 36.6 Å². The molecule has 1 aromatic heterocycles. The van der Waals surface area contributed by atoms with E-state index in [2.05, 4.69) is 21.4 Å². The quantitative estimate of drug-likeness (QED) is 0.579. The molecule has 0 saturated heterocycles. The summed E-state index contributed by atoms with van der Waals surface area (Å²) in [6.07, 6.45) is 0. The Morgan fingerprint density at radius 1 is 1.40 bits per heavy atom. The molecule has 20 heavy (non-hydrogen) atoms. The predicted octanol–water partition coefficient (Wildman–Crippen LogP) is 4.47. The first-order chi connectivity index (χ1) is 9.69. The maximum atomic E-state index is 13.7. The number of anilines is 1. The van der Waals surface area contributed by atoms with Crippen LogP contribution >= 0.6 is 35.2 Å². The monoisotopic (exact) mass is 329 g/mol. The molecule has 0 bridgehead atoms. The van der Waals surface area contributed by atoms with Gasteiger partial charge in [-0.3, -0.25) is 4.72 Å². The van der Waals surface area contributed by atoms with E-state index in [0.29, 0.717) is 4.90 Å². The smallest absolute Gasteiger partial charge is 0.193 e. The van der Waals surface area contributed by atoms with Gasteiger partial charge in [-0.1, -0.05) is 24.9 Å². The molecule has 2 N–H and O–H groups in total. The Labute approximate surface area is 131 Å². The molecular weight excluding hydrogens is 313 g/mol. The van der Waals surface area contributed by atoms with Crippen molar-refractivity contribution >= 4 is 40.4 Å². The number of aryl methyl sites for hydroxylation is 1. The summed E-state index contributed by atoms with van der Waals surface area (Å²) < 4.78 is 19.9. The Hall–Kier alpha value is -0.760. The lowest BCUT2D eigenvalue weighted by Gasteiger charge is -2.04. The van der Waals surface area contributed by atoms with Crippen LogP contribution in [0.2, 0.25) is 0 Å². The minimum Gasteiger partial charge on any atom is -0.301 e. The van der Waals surface area contributed by atoms with Gasteiger partial charge in [-0.15, -0.1) is 11.3 Å². The van der Waals surface area contributed by atoms with E-state index in [4.69, 9.17) is 0 Å². The topological polar surface area (TPSA) is 37.0 Å². The van der Waals surface area contributed by atoms with Crippen LogP contribution in [0.4, 0.5) is 9.52 Å². The number of halogens is 1. The molecule has 108 valence electrons. The molecule has 3 nitrogen and oxygen atoms in total. The summed E-state index contributed by atoms with van der Waals surface area (Å²) in [6.45, 7) is 4.87. The molecule has 1 heterocycles. The number of nitrogens with zero attached hydrogens (tertiary/aromatic N) is 1. The van der Waals surface area contributed by atoms with Crippen LogP contribution in [-0.4, -0.2) is 11.5 Å². The summed E-state index contributed by atoms with van der Waals surface area (Å²) in [5, 5.41) is 2.81. The van der Waals surface area contributed by atoms with Crippen molar-refractivity contribution in [1.29, 1.82) is 0 Å². The predicted molar refractivity (Wildman–Crippen MR) is 87.7 cm³/mol. The SMILES string of the molecule is CCNSCc1csc(NSc2ccc(C)cc2F)n1. The Bertz CT molecular complexity index is 560. The van der Waals surface area contributed by atoms with Gasteiger partial charge in [0.25, 0.3) is 0 Å². The molecule has 0 amide bonds. The van der Waals surface area contributed by atoms with Gasteiger partial charge >= 0.3 is 0 Å². The van der Waals surface area contributed by atoms with E-state index in [1.54, 1.807) is 18.0 Å². The van der Waals surface area contributed by atoms with Crippen LogP contribution in [0.5, 0.6) is 0 Å². The van der Waals surface area contributed by atoms with Gasteiger partial charge in [-0.2, -0.15) is 0 Å². The van der Waals surface area contributed by atoms with Crippen molar-refractivity contribution < 1.29 is 4.39 Å². The summed E-state index contributed by atoms with van der Waals surface area (Å²) in [4.78, 5) is 5.03. The zero-order valence-corrected chi connectivity index (χ0v) is 13.7. The molecule has 2 aromatic rings. The zero-order valence-electron chi connectivity index (χ0n) is 11.3. The van der Waals surface area contributed by atoms with Crippen molar-refractivity contribution in [3.05, 3.63) is 40.7 Å². The molecule has 2 rings (SSSR count). The highest BCUT2D eigenvalue weighted by atomic mass is 32.2. The maximum Gasteiger partial charge on any atom is 0.193 e. The van der Waals surface area contributed by atoms with Crippen LogP contribution in [0.3, 0.4) is 0 Å². The second kappa shape index (κ2) is 7.87. The second-order valence-electron chi connectivity index (χ2n) is 4.07. The number of benzene rings is 1. The van der Waals surface area contributed by atoms with Crippen molar-refractivity contribution in [3.8, 4) is 0 Å². The van der Waals surface area contributed by atoms with Crippen LogP contribution in [0.15, 0.2) is 28.5 Å². The molecule has 0 aliphatic carbocycles. The standard InChI is InChI=1S/C13H16FN3S3/c1-3-15-19-8-10-7-18-13(16-10)17-20-12-5-4-9(2)6-11(12)14/h4-7,15H,3,8H2,1-2H3,(H,16,17). The molecule has 0 unspecified atom stereocenters. The normalized spacial score (nSPS) is 10.8. The number of hydrogen-bond donors (Lipinski definition) is 2. The van der Waals surface area contributed by atoms with E-state index in [9.17, 15) is 4.39 Å². The third-order valence-corrected chi connectivity index (χ3v) is 5.07. The van der Waals surface area contributed by atoms with Gasteiger partial charge in [0, 0.05) is 11.9 Å². The lowest BCUT2D eigenvalue weighted by atomic mass is 10.2. The highest BCUT2D eigenvalue weighted by Gasteiger charge is 2.06. The number of rotatable bonds is 7. The number of thiazole rings is 1. The van der Waals surface area contributed by atoms with E-state index >= 15 is 0 Å². The summed E-state index contributed by atoms with van der Waals surface area (Å²) in [7, 11) is 0. The Balaban J connectivity index is 1.87. The first-order valence-corrected chi connectivity index (χ1v) is 8.85. The second-order valence-corrected chi connectivity index (χ2v) is 6.64. The highest BCUT2D eigenvalue weighted by molar-refractivity contribution is 8.00. The Morgan fingerprint density at radius 3 is 3.00 bits per heavy atom. The van der Waals surface area contributed by atoms with Crippen LogP contribution in [-0.2, 0) is 5.75 Å². The van der Waals surface area contributed by atoms with Crippen molar-refractivity contribution in [2.75, 3.05) is 11.3 Å². The minimum atomic E-state index is -0.206. The summed E-state index contributed by atoms with van der Waals surface area (Å²) in [6, 6.07) is 5.20. The van der Waals surface area contributed by atoms with Crippen molar-refractivity contribution in [2.45, 2.75) is 24.5 Å². The van der Waals surface area contributed by atoms with Gasteiger partial charge in [-0.25, -0.2) is 9.37 Å². The van der Waals surface area contributed by atoms with Crippen molar-refractivity contribution in [2.24, 2.45) is 0 Å². The molecule has 0 atom stereocenters. The first kappa shape index (κ1) is 15.6. The third-order valence-electron chi connectivity index (χ3n) is 2.35. The lowest BCUT2D eigenvalue weighted by molar-refractivity contribution is 0.601. The average molecular weight is 329 g/mol. The van der Waals surface area contributed by atoms with Crippen molar-refractivity contribution in [3.63, 3.8) is 0 Å². The van der Waals surface area contributed by atoms with E-state index in [0.717, 1.165) is 28.7 Å². The van der Waals surface area contributed by atoms with E-state index < -0.39 is 0 Å². The lowest BCUT2D eigenvalue weighted by Crippen LogP contribution is -2.01. The fourth-order valence-corrected chi connectivity index (χ4v) is 3.55. The largest absolute Gasteiger partial charge is 0.301 e. The molecule has 0 spiro atoms. The summed E-state index contributed by atoms with van der Waals surface area (Å²) in [5.74, 6) is 0.622. The molecule has 7 heteroatoms. The van der Waals surface area contributed by atoms with Crippen molar-refractivity contribution in [1.82, 2.24) is 9.71 Å². The van der Waals surface area contributed by atoms with Gasteiger partial charge in [0.1, 0.15) is 5.82 Å². The number of aromatic nitrogens is 1. The average Bonchev–Trinajstić information content (AvgIpc) is 2.86. The highest BCUT2D eigenvalue weighted by Crippen LogP contribution is 2.27. The van der Waals surface area contributed by atoms with Gasteiger partial charge in [0.2, 0.25) is 0 Å². The Morgan fingerprint density at radius 2 is 2.25 bits per heavy atom. The maximum absolute atomic E-state index is 13.7. The fourth-order valence-electron chi connectivity index (χ4n) is 1.43. The van der Waals surface area contributed by atoms with Gasteiger partial charge in [0.05, 0.1) is 16.3 Å². The first-order valence-electron chi connectivity index (χ1n) is 6.17. The van der Waals surface area contributed by atoms with Crippen LogP contribution in [0.1, 0.15) is 18.2 Å². The molecule has 0 radical (unpaired) electrons. The zero-order chi connectivity index (χ0) is 14.4. The third kappa shape index (κ3) is 4.66. The molecule has 0 aliphatic heterocycles. The molecule has 0 fully saturated rings. The summed E-state index contributed by atoms with van der Waals surface area (Å²) >= 11 is 4.42. The Kier molecular flexibility index (Phi) is 6.15. The van der Waals surface area contributed by atoms with Gasteiger partial charge in [0.15, 0.2) is 5.13 Å². The molecule has 0 aliphatic rings. The van der Waals surface area contributed by atoms with E-state index in [1.807, 2.05) is 18.4 Å². The molecule has 0 saturated carbocycles. The van der Waals surface area contributed by atoms with E-state index in [-0.39, 0.29) is 5.82 Å².